The van der Waals surface area contributed by atoms with E-state index in [2.05, 4.69) is 11.8 Å². The van der Waals surface area contributed by atoms with Gasteiger partial charge in [-0.15, -0.1) is 12.8 Å². The molecule has 7 heavy (non-hydrogen) atoms. The topological polar surface area (TPSA) is 12.5 Å². The molecule has 1 aliphatic rings. The van der Waals surface area contributed by atoms with Crippen LogP contribution in [-0.2, 0) is 4.74 Å². The predicted octanol–water partition coefficient (Wildman–Crippen LogP) is 0.0218. The lowest BCUT2D eigenvalue weighted by Crippen LogP contribution is -2.00. The number of epoxide rings is 1. The van der Waals surface area contributed by atoms with E-state index in [0.29, 0.717) is 6.61 Å². The molecule has 0 aliphatic carbocycles. The second-order valence-corrected chi connectivity index (χ2v) is 1.40. The SMILES string of the molecule is C#CC1(C#C)CO1. The zero-order valence-electron chi connectivity index (χ0n) is 3.77. The molecule has 0 aromatic carbocycles. The summed E-state index contributed by atoms with van der Waals surface area (Å²) in [4.78, 5) is 0. The smallest absolute Gasteiger partial charge is 0.213 e. The molecule has 0 aromatic rings. The van der Waals surface area contributed by atoms with Crippen LogP contribution in [0.3, 0.4) is 0 Å². The van der Waals surface area contributed by atoms with Crippen LogP contribution in [0.25, 0.3) is 0 Å². The van der Waals surface area contributed by atoms with Gasteiger partial charge >= 0.3 is 0 Å². The van der Waals surface area contributed by atoms with Crippen molar-refractivity contribution in [3.05, 3.63) is 0 Å². The van der Waals surface area contributed by atoms with Gasteiger partial charge in [0.25, 0.3) is 0 Å². The van der Waals surface area contributed by atoms with E-state index in [1.165, 1.54) is 0 Å². The average molecular weight is 92.1 g/mol. The molecule has 0 radical (unpaired) electrons. The van der Waals surface area contributed by atoms with Gasteiger partial charge in [-0.05, 0) is 0 Å². The summed E-state index contributed by atoms with van der Waals surface area (Å²) in [5.74, 6) is 4.69. The maximum atomic E-state index is 4.96. The van der Waals surface area contributed by atoms with Crippen LogP contribution in [0.2, 0.25) is 0 Å². The minimum atomic E-state index is -0.611. The Hall–Kier alpha value is -0.920. The largest absolute Gasteiger partial charge is 0.344 e. The fraction of sp³-hybridized carbons (Fsp3) is 0.333. The summed E-state index contributed by atoms with van der Waals surface area (Å²) in [5.41, 5.74) is -0.611. The summed E-state index contributed by atoms with van der Waals surface area (Å²) in [5, 5.41) is 0. The van der Waals surface area contributed by atoms with Crippen LogP contribution in [0.15, 0.2) is 0 Å². The standard InChI is InChI=1S/C6H4O/c1-3-6(4-2)5-7-6/h1-2H,5H2. The molecule has 1 fully saturated rings. The van der Waals surface area contributed by atoms with Crippen molar-refractivity contribution in [1.82, 2.24) is 0 Å². The molecule has 0 spiro atoms. The van der Waals surface area contributed by atoms with Crippen LogP contribution in [-0.4, -0.2) is 12.2 Å². The Morgan fingerprint density at radius 3 is 1.86 bits per heavy atom. The van der Waals surface area contributed by atoms with Crippen LogP contribution >= 0.6 is 0 Å². The third-order valence-electron chi connectivity index (χ3n) is 0.899. The molecule has 0 amide bonds. The monoisotopic (exact) mass is 92.0 g/mol. The van der Waals surface area contributed by atoms with E-state index in [1.807, 2.05) is 0 Å². The van der Waals surface area contributed by atoms with Crippen LogP contribution in [0, 0.1) is 24.7 Å². The zero-order valence-corrected chi connectivity index (χ0v) is 3.77. The van der Waals surface area contributed by atoms with Crippen LogP contribution in [0.1, 0.15) is 0 Å². The molecular weight excluding hydrogens is 88.1 g/mol. The molecule has 0 unspecified atom stereocenters. The number of rotatable bonds is 0. The van der Waals surface area contributed by atoms with Gasteiger partial charge in [0.2, 0.25) is 5.60 Å². The molecule has 34 valence electrons. The Morgan fingerprint density at radius 1 is 1.43 bits per heavy atom. The number of ether oxygens (including phenoxy) is 1. The molecule has 1 saturated heterocycles. The molecule has 0 N–H and O–H groups in total. The molecule has 0 aromatic heterocycles. The Morgan fingerprint density at radius 2 is 1.86 bits per heavy atom. The summed E-state index contributed by atoms with van der Waals surface area (Å²) in [6, 6.07) is 0. The number of hydrogen-bond acceptors (Lipinski definition) is 1. The van der Waals surface area contributed by atoms with Crippen molar-refractivity contribution in [3.63, 3.8) is 0 Å². The fourth-order valence-electron chi connectivity index (χ4n) is 0.281. The summed E-state index contributed by atoms with van der Waals surface area (Å²) in [6.45, 7) is 0.528. The first-order valence-electron chi connectivity index (χ1n) is 1.92. The molecule has 0 bridgehead atoms. The maximum Gasteiger partial charge on any atom is 0.213 e. The van der Waals surface area contributed by atoms with Gasteiger partial charge in [0, 0.05) is 0 Å². The minimum absolute atomic E-state index is 0.528. The molecule has 1 heterocycles. The van der Waals surface area contributed by atoms with E-state index in [9.17, 15) is 0 Å². The van der Waals surface area contributed by atoms with E-state index in [1.54, 1.807) is 0 Å². The molecule has 1 aliphatic heterocycles. The highest BCUT2D eigenvalue weighted by Gasteiger charge is 2.40. The molecule has 1 rings (SSSR count). The normalized spacial score (nSPS) is 22.0. The highest BCUT2D eigenvalue weighted by molar-refractivity contribution is 5.31. The lowest BCUT2D eigenvalue weighted by Gasteiger charge is -1.82. The Labute approximate surface area is 42.7 Å². The van der Waals surface area contributed by atoms with Gasteiger partial charge < -0.3 is 4.74 Å². The summed E-state index contributed by atoms with van der Waals surface area (Å²) < 4.78 is 4.72. The number of hydrogen-bond donors (Lipinski definition) is 0. The quantitative estimate of drug-likeness (QED) is 0.303. The van der Waals surface area contributed by atoms with E-state index >= 15 is 0 Å². The first kappa shape index (κ1) is 4.24. The fourth-order valence-corrected chi connectivity index (χ4v) is 0.281. The van der Waals surface area contributed by atoms with Crippen LogP contribution in [0.4, 0.5) is 0 Å². The molecular formula is C6H4O. The van der Waals surface area contributed by atoms with E-state index in [-0.39, 0.29) is 0 Å². The van der Waals surface area contributed by atoms with E-state index in [4.69, 9.17) is 17.6 Å². The van der Waals surface area contributed by atoms with Gasteiger partial charge in [-0.25, -0.2) is 0 Å². The van der Waals surface area contributed by atoms with Gasteiger partial charge in [-0.3, -0.25) is 0 Å². The van der Waals surface area contributed by atoms with Gasteiger partial charge in [0.1, 0.15) is 6.61 Å². The molecule has 0 atom stereocenters. The van der Waals surface area contributed by atoms with Gasteiger partial charge in [-0.1, -0.05) is 11.8 Å². The predicted molar refractivity (Wildman–Crippen MR) is 26.3 cm³/mol. The molecule has 1 heteroatoms. The van der Waals surface area contributed by atoms with Crippen molar-refractivity contribution < 1.29 is 4.74 Å². The van der Waals surface area contributed by atoms with Crippen LogP contribution < -0.4 is 0 Å². The van der Waals surface area contributed by atoms with Gasteiger partial charge in [0.05, 0.1) is 0 Å². The van der Waals surface area contributed by atoms with Crippen molar-refractivity contribution in [3.8, 4) is 24.7 Å². The maximum absolute atomic E-state index is 4.96. The Bertz CT molecular complexity index is 136. The first-order chi connectivity index (χ1) is 3.33. The highest BCUT2D eigenvalue weighted by atomic mass is 16.6. The lowest BCUT2D eigenvalue weighted by atomic mass is 10.2. The van der Waals surface area contributed by atoms with Crippen molar-refractivity contribution in [2.75, 3.05) is 6.61 Å². The van der Waals surface area contributed by atoms with E-state index in [0.717, 1.165) is 0 Å². The third-order valence-corrected chi connectivity index (χ3v) is 0.899. The van der Waals surface area contributed by atoms with Crippen molar-refractivity contribution in [1.29, 1.82) is 0 Å². The zero-order chi connectivity index (χ0) is 5.33. The molecule has 1 nitrogen and oxygen atoms in total. The summed E-state index contributed by atoms with van der Waals surface area (Å²) in [7, 11) is 0. The second kappa shape index (κ2) is 1.03. The number of terminal acetylenes is 2. The highest BCUT2D eigenvalue weighted by Crippen LogP contribution is 2.23. The first-order valence-corrected chi connectivity index (χ1v) is 1.92. The van der Waals surface area contributed by atoms with Crippen molar-refractivity contribution >= 4 is 0 Å². The van der Waals surface area contributed by atoms with Gasteiger partial charge in [0.15, 0.2) is 0 Å². The van der Waals surface area contributed by atoms with Crippen LogP contribution in [0.5, 0.6) is 0 Å². The molecule has 0 saturated carbocycles. The minimum Gasteiger partial charge on any atom is -0.344 e. The van der Waals surface area contributed by atoms with Gasteiger partial charge in [-0.2, -0.15) is 0 Å². The third kappa shape index (κ3) is 0.474. The lowest BCUT2D eigenvalue weighted by molar-refractivity contribution is 0.407. The Balaban J connectivity index is 2.70. The summed E-state index contributed by atoms with van der Waals surface area (Å²) >= 11 is 0. The Kier molecular flexibility index (Phi) is 0.622. The van der Waals surface area contributed by atoms with Crippen molar-refractivity contribution in [2.24, 2.45) is 0 Å². The average Bonchev–Trinajstić information content (AvgIpc) is 2.46. The van der Waals surface area contributed by atoms with E-state index < -0.39 is 5.60 Å². The second-order valence-electron chi connectivity index (χ2n) is 1.40. The van der Waals surface area contributed by atoms with Crippen molar-refractivity contribution in [2.45, 2.75) is 5.60 Å². The summed E-state index contributed by atoms with van der Waals surface area (Å²) in [6.07, 6.45) is 9.92.